The van der Waals surface area contributed by atoms with Crippen molar-refractivity contribution < 1.29 is 23.1 Å². The Bertz CT molecular complexity index is 781. The Labute approximate surface area is 152 Å². The van der Waals surface area contributed by atoms with Crippen LogP contribution in [-0.4, -0.2) is 25.3 Å². The van der Waals surface area contributed by atoms with Crippen LogP contribution in [-0.2, 0) is 19.8 Å². The third-order valence-corrected chi connectivity index (χ3v) is 4.68. The molecule has 0 heterocycles. The van der Waals surface area contributed by atoms with Gasteiger partial charge in [0, 0.05) is 6.42 Å². The van der Waals surface area contributed by atoms with Gasteiger partial charge >= 0.3 is 0 Å². The molecular formula is C17H23N3O5S. The van der Waals surface area contributed by atoms with Gasteiger partial charge in [0.05, 0.1) is 0 Å². The van der Waals surface area contributed by atoms with Crippen LogP contribution in [0.5, 0.6) is 5.75 Å². The maximum Gasteiger partial charge on any atom is 0.299 e. The summed E-state index contributed by atoms with van der Waals surface area (Å²) in [7, 11) is -4.26. The Hall–Kier alpha value is -2.39. The summed E-state index contributed by atoms with van der Waals surface area (Å²) in [6, 6.07) is 5.85. The Morgan fingerprint density at radius 3 is 2.38 bits per heavy atom. The number of nitrogens with two attached hydrogens (primary N) is 1. The van der Waals surface area contributed by atoms with Gasteiger partial charge in [-0.2, -0.15) is 8.42 Å². The van der Waals surface area contributed by atoms with E-state index in [9.17, 15) is 23.1 Å². The van der Waals surface area contributed by atoms with E-state index in [1.807, 2.05) is 0 Å². The van der Waals surface area contributed by atoms with Crippen molar-refractivity contribution >= 4 is 28.1 Å². The quantitative estimate of drug-likeness (QED) is 0.525. The third kappa shape index (κ3) is 6.85. The summed E-state index contributed by atoms with van der Waals surface area (Å²) in [6.07, 6.45) is 6.86. The lowest BCUT2D eigenvalue weighted by Crippen LogP contribution is -2.41. The monoisotopic (exact) mass is 381 g/mol. The first-order chi connectivity index (χ1) is 12.2. The van der Waals surface area contributed by atoms with E-state index in [0.717, 1.165) is 19.3 Å². The van der Waals surface area contributed by atoms with Crippen LogP contribution in [0.4, 0.5) is 0 Å². The highest BCUT2D eigenvalue weighted by Crippen LogP contribution is 2.28. The summed E-state index contributed by atoms with van der Waals surface area (Å²) in [5.74, 6) is -0.844. The van der Waals surface area contributed by atoms with Gasteiger partial charge < -0.3 is 10.4 Å². The highest BCUT2D eigenvalue weighted by Gasteiger charge is 2.19. The zero-order valence-corrected chi connectivity index (χ0v) is 15.1. The molecule has 1 aliphatic rings. The lowest BCUT2D eigenvalue weighted by Gasteiger charge is -2.12. The lowest BCUT2D eigenvalue weighted by atomic mass is 10.0. The average molecular weight is 381 g/mol. The normalized spacial score (nSPS) is 15.7. The minimum absolute atomic E-state index is 0.0401. The van der Waals surface area contributed by atoms with Crippen molar-refractivity contribution in [3.63, 3.8) is 0 Å². The van der Waals surface area contributed by atoms with E-state index in [0.29, 0.717) is 11.5 Å². The molecular weight excluding hydrogens is 358 g/mol. The molecule has 1 aliphatic carbocycles. The third-order valence-electron chi connectivity index (χ3n) is 4.21. The molecule has 0 saturated heterocycles. The minimum atomic E-state index is -4.26. The Balaban J connectivity index is 2.09. The second kappa shape index (κ2) is 8.81. The molecule has 0 aromatic heterocycles. The number of carbonyl (C=O) groups is 2. The fourth-order valence-corrected chi connectivity index (χ4v) is 3.30. The molecule has 5 N–H and O–H groups in total. The molecule has 0 atom stereocenters. The van der Waals surface area contributed by atoms with Crippen LogP contribution in [0, 0.1) is 5.92 Å². The number of carbonyl (C=O) groups excluding carboxylic acids is 2. The largest absolute Gasteiger partial charge is 0.508 e. The summed E-state index contributed by atoms with van der Waals surface area (Å²) in [6.45, 7) is 0. The summed E-state index contributed by atoms with van der Waals surface area (Å²) in [5, 5.41) is 16.6. The zero-order chi connectivity index (χ0) is 19.2. The van der Waals surface area contributed by atoms with E-state index in [4.69, 9.17) is 5.14 Å². The summed E-state index contributed by atoms with van der Waals surface area (Å²) in [5.41, 5.74) is 0.264. The smallest absolute Gasteiger partial charge is 0.299 e. The maximum absolute atomic E-state index is 12.2. The van der Waals surface area contributed by atoms with Crippen LogP contribution in [0.2, 0.25) is 0 Å². The second-order valence-corrected chi connectivity index (χ2v) is 7.66. The zero-order valence-electron chi connectivity index (χ0n) is 14.3. The second-order valence-electron chi connectivity index (χ2n) is 6.36. The molecule has 0 bridgehead atoms. The number of rotatable bonds is 7. The van der Waals surface area contributed by atoms with Gasteiger partial charge in [0.2, 0.25) is 5.91 Å². The number of benzene rings is 1. The molecule has 2 amide bonds. The van der Waals surface area contributed by atoms with Crippen LogP contribution < -0.4 is 15.2 Å². The molecule has 0 unspecified atom stereocenters. The number of nitrogens with one attached hydrogen (secondary N) is 2. The molecule has 9 heteroatoms. The molecule has 26 heavy (non-hydrogen) atoms. The molecule has 2 rings (SSSR count). The molecule has 1 aromatic carbocycles. The molecule has 8 nitrogen and oxygen atoms in total. The maximum atomic E-state index is 12.2. The molecule has 1 saturated carbocycles. The van der Waals surface area contributed by atoms with Crippen LogP contribution in [0.1, 0.15) is 44.1 Å². The van der Waals surface area contributed by atoms with E-state index in [2.05, 4.69) is 5.32 Å². The van der Waals surface area contributed by atoms with E-state index < -0.39 is 16.1 Å². The minimum Gasteiger partial charge on any atom is -0.508 e. The van der Waals surface area contributed by atoms with Crippen molar-refractivity contribution in [1.29, 1.82) is 0 Å². The van der Waals surface area contributed by atoms with Crippen LogP contribution in [0.25, 0.3) is 6.08 Å². The van der Waals surface area contributed by atoms with Crippen molar-refractivity contribution in [1.82, 2.24) is 10.0 Å². The number of hydrogen-bond donors (Lipinski definition) is 4. The molecule has 1 aromatic rings. The Morgan fingerprint density at radius 2 is 1.81 bits per heavy atom. The van der Waals surface area contributed by atoms with Crippen molar-refractivity contribution in [2.24, 2.45) is 11.1 Å². The van der Waals surface area contributed by atoms with Gasteiger partial charge in [-0.15, -0.1) is 0 Å². The molecule has 142 valence electrons. The fourth-order valence-electron chi connectivity index (χ4n) is 2.93. The molecule has 0 spiro atoms. The number of phenols is 1. The first-order valence-corrected chi connectivity index (χ1v) is 9.93. The lowest BCUT2D eigenvalue weighted by molar-refractivity contribution is -0.123. The predicted molar refractivity (Wildman–Crippen MR) is 96.7 cm³/mol. The summed E-state index contributed by atoms with van der Waals surface area (Å²) in [4.78, 5) is 24.3. The fraction of sp³-hybridized carbons (Fsp3) is 0.412. The van der Waals surface area contributed by atoms with Crippen molar-refractivity contribution in [3.8, 4) is 5.75 Å². The summed E-state index contributed by atoms with van der Waals surface area (Å²) >= 11 is 0. The summed E-state index contributed by atoms with van der Waals surface area (Å²) < 4.78 is 23.8. The Morgan fingerprint density at radius 1 is 1.19 bits per heavy atom. The number of hydrogen-bond acceptors (Lipinski definition) is 5. The van der Waals surface area contributed by atoms with Crippen LogP contribution in [0.15, 0.2) is 30.0 Å². The highest BCUT2D eigenvalue weighted by molar-refractivity contribution is 7.87. The van der Waals surface area contributed by atoms with Gasteiger partial charge in [-0.3, -0.25) is 9.59 Å². The molecule has 0 aliphatic heterocycles. The highest BCUT2D eigenvalue weighted by atomic mass is 32.2. The number of aromatic hydroxyl groups is 1. The van der Waals surface area contributed by atoms with Gasteiger partial charge in [0.25, 0.3) is 16.1 Å². The van der Waals surface area contributed by atoms with E-state index >= 15 is 0 Å². The number of phenolic OH excluding ortho intramolecular Hbond substituents is 1. The van der Waals surface area contributed by atoms with E-state index in [1.54, 1.807) is 4.72 Å². The van der Waals surface area contributed by atoms with E-state index in [-0.39, 0.29) is 23.8 Å². The Kier molecular flexibility index (Phi) is 6.76. The van der Waals surface area contributed by atoms with Gasteiger partial charge in [0.15, 0.2) is 0 Å². The first kappa shape index (κ1) is 19.9. The van der Waals surface area contributed by atoms with Gasteiger partial charge in [-0.05, 0) is 36.1 Å². The topological polar surface area (TPSA) is 139 Å². The van der Waals surface area contributed by atoms with Gasteiger partial charge in [-0.1, -0.05) is 37.8 Å². The molecule has 0 radical (unpaired) electrons. The van der Waals surface area contributed by atoms with Crippen molar-refractivity contribution in [2.45, 2.75) is 38.5 Å². The van der Waals surface area contributed by atoms with Crippen molar-refractivity contribution in [2.75, 3.05) is 0 Å². The van der Waals surface area contributed by atoms with Crippen LogP contribution in [0.3, 0.4) is 0 Å². The first-order valence-electron chi connectivity index (χ1n) is 8.38. The van der Waals surface area contributed by atoms with E-state index in [1.165, 1.54) is 43.2 Å². The average Bonchev–Trinajstić information content (AvgIpc) is 3.06. The van der Waals surface area contributed by atoms with Gasteiger partial charge in [0.1, 0.15) is 11.4 Å². The number of amides is 2. The SMILES string of the molecule is NS(=O)(=O)NC(=O)/C(=C/c1ccc(O)cc1)NC(=O)CCC1CCCC1. The van der Waals surface area contributed by atoms with Crippen LogP contribution >= 0.6 is 0 Å². The van der Waals surface area contributed by atoms with Crippen molar-refractivity contribution in [3.05, 3.63) is 35.5 Å². The molecule has 1 fully saturated rings. The van der Waals surface area contributed by atoms with Gasteiger partial charge in [-0.25, -0.2) is 9.86 Å². The standard InChI is InChI=1S/C17H23N3O5S/c18-26(24,25)20-17(23)15(11-13-5-8-14(21)9-6-13)19-16(22)10-7-12-3-1-2-4-12/h5-6,8-9,11-12,21H,1-4,7,10H2,(H,19,22)(H,20,23)(H2,18,24,25)/b15-11-. The predicted octanol–water partition coefficient (Wildman–Crippen LogP) is 1.14.